The largest absolute Gasteiger partial charge is 0.424 e. The van der Waals surface area contributed by atoms with Gasteiger partial charge in [-0.3, -0.25) is 0 Å². The number of fused-ring (bicyclic) bond motifs is 1. The van der Waals surface area contributed by atoms with Crippen LogP contribution in [-0.2, 0) is 0 Å². The number of aromatic nitrogens is 2. The lowest BCUT2D eigenvalue weighted by Crippen LogP contribution is -2.09. The van der Waals surface area contributed by atoms with Crippen molar-refractivity contribution in [3.63, 3.8) is 0 Å². The van der Waals surface area contributed by atoms with Crippen LogP contribution in [0.15, 0.2) is 23.6 Å². The lowest BCUT2D eigenvalue weighted by Gasteiger charge is -2.12. The molecule has 0 saturated carbocycles. The molecule has 10 heteroatoms. The first-order valence-corrected chi connectivity index (χ1v) is 11.2. The number of thiol groups is 1. The molecule has 0 aliphatic carbocycles. The van der Waals surface area contributed by atoms with E-state index in [9.17, 15) is 0 Å². The van der Waals surface area contributed by atoms with Gasteiger partial charge < -0.3 is 14.8 Å². The molecule has 0 bridgehead atoms. The van der Waals surface area contributed by atoms with Gasteiger partial charge in [0.25, 0.3) is 0 Å². The molecule has 0 saturated heterocycles. The van der Waals surface area contributed by atoms with Gasteiger partial charge in [-0.25, -0.2) is 9.97 Å². The highest BCUT2D eigenvalue weighted by atomic mass is 35.5. The molecule has 2 aromatic heterocycles. The molecular weight excluding hydrogens is 434 g/mol. The molecule has 0 spiro atoms. The van der Waals surface area contributed by atoms with Crippen LogP contribution in [0, 0.1) is 11.3 Å². The van der Waals surface area contributed by atoms with E-state index in [0.717, 1.165) is 16.2 Å². The Kier molecular flexibility index (Phi) is 7.13. The third-order valence-electron chi connectivity index (χ3n) is 3.62. The summed E-state index contributed by atoms with van der Waals surface area (Å²) >= 11 is 13.5. The molecular formula is C18H18ClN5OS3. The summed E-state index contributed by atoms with van der Waals surface area (Å²) < 4.78 is 5.81. The van der Waals surface area contributed by atoms with Gasteiger partial charge >= 0.3 is 0 Å². The molecule has 0 amide bonds. The summed E-state index contributed by atoms with van der Waals surface area (Å²) in [5, 5.41) is 19.6. The summed E-state index contributed by atoms with van der Waals surface area (Å²) in [6, 6.07) is 7.87. The number of anilines is 2. The molecule has 0 unspecified atom stereocenters. The van der Waals surface area contributed by atoms with Crippen molar-refractivity contribution in [2.24, 2.45) is 0 Å². The Morgan fingerprint density at radius 2 is 2.18 bits per heavy atom. The summed E-state index contributed by atoms with van der Waals surface area (Å²) in [5.41, 5.74) is 2.63. The second-order valence-corrected chi connectivity index (χ2v) is 8.68. The maximum absolute atomic E-state index is 8.82. The van der Waals surface area contributed by atoms with Crippen molar-refractivity contribution in [1.82, 2.24) is 9.97 Å². The molecule has 0 aliphatic rings. The van der Waals surface area contributed by atoms with Crippen LogP contribution in [0.25, 0.3) is 22.3 Å². The molecule has 6 nitrogen and oxygen atoms in total. The zero-order chi connectivity index (χ0) is 20.1. The quantitative estimate of drug-likeness (QED) is 0.176. The summed E-state index contributed by atoms with van der Waals surface area (Å²) in [6.45, 7) is 4.27. The van der Waals surface area contributed by atoms with Gasteiger partial charge in [0.1, 0.15) is 18.0 Å². The fourth-order valence-corrected chi connectivity index (χ4v) is 4.09. The van der Waals surface area contributed by atoms with E-state index in [-0.39, 0.29) is 12.6 Å². The number of hydrogen-bond acceptors (Lipinski definition) is 9. The molecule has 3 aromatic rings. The molecule has 146 valence electrons. The van der Waals surface area contributed by atoms with Crippen LogP contribution in [0.4, 0.5) is 10.8 Å². The summed E-state index contributed by atoms with van der Waals surface area (Å²) in [6.07, 6.45) is 0. The topological polar surface area (TPSA) is 82.9 Å². The molecule has 0 aliphatic heterocycles. The number of nitrogens with zero attached hydrogens (tertiary/aromatic N) is 3. The fraction of sp³-hybridized carbons (Fsp3) is 0.278. The Bertz CT molecular complexity index is 1020. The van der Waals surface area contributed by atoms with Gasteiger partial charge in [-0.2, -0.15) is 17.9 Å². The third kappa shape index (κ3) is 4.75. The standard InChI is InChI=1S/C18H18ClN5OS3/c1-10(2)22-18-24-14(8-27-18)13-7-15(25-28-9-26)11-3-4-12(21-6-5-20)16(19)17(11)23-13/h3-4,7-8,10,21,26H,6,9H2,1-2H3,(H,22,24). The normalized spacial score (nSPS) is 10.9. The van der Waals surface area contributed by atoms with Crippen LogP contribution in [0.1, 0.15) is 13.8 Å². The Morgan fingerprint density at radius 1 is 1.36 bits per heavy atom. The zero-order valence-corrected chi connectivity index (χ0v) is 18.5. The molecule has 1 aromatic carbocycles. The fourth-order valence-electron chi connectivity index (χ4n) is 2.49. The smallest absolute Gasteiger partial charge is 0.183 e. The number of nitriles is 1. The van der Waals surface area contributed by atoms with Crippen LogP contribution in [0.3, 0.4) is 0 Å². The van der Waals surface area contributed by atoms with E-state index in [0.29, 0.717) is 32.8 Å². The first kappa shape index (κ1) is 20.9. The van der Waals surface area contributed by atoms with E-state index in [1.807, 2.05) is 29.6 Å². The average molecular weight is 452 g/mol. The SMILES string of the molecule is CC(C)Nc1nc(-c2cc(OSCS)c3ccc(NCC#N)c(Cl)c3n2)cs1. The average Bonchev–Trinajstić information content (AvgIpc) is 3.13. The monoisotopic (exact) mass is 451 g/mol. The second kappa shape index (κ2) is 9.56. The molecule has 0 fully saturated rings. The number of benzene rings is 1. The zero-order valence-electron chi connectivity index (χ0n) is 15.2. The van der Waals surface area contributed by atoms with E-state index in [2.05, 4.69) is 42.1 Å². The van der Waals surface area contributed by atoms with Crippen LogP contribution in [0.2, 0.25) is 5.02 Å². The van der Waals surface area contributed by atoms with Gasteiger partial charge in [0.2, 0.25) is 0 Å². The van der Waals surface area contributed by atoms with E-state index in [1.165, 1.54) is 23.4 Å². The van der Waals surface area contributed by atoms with Crippen molar-refractivity contribution in [3.8, 4) is 23.2 Å². The lowest BCUT2D eigenvalue weighted by atomic mass is 10.1. The van der Waals surface area contributed by atoms with Crippen molar-refractivity contribution in [2.45, 2.75) is 19.9 Å². The number of halogens is 1. The van der Waals surface area contributed by atoms with Gasteiger partial charge in [0.15, 0.2) is 5.13 Å². The van der Waals surface area contributed by atoms with Gasteiger partial charge in [-0.05, 0) is 26.0 Å². The van der Waals surface area contributed by atoms with Crippen molar-refractivity contribution in [2.75, 3.05) is 22.3 Å². The van der Waals surface area contributed by atoms with Crippen molar-refractivity contribution in [3.05, 3.63) is 28.6 Å². The van der Waals surface area contributed by atoms with Crippen LogP contribution in [0.5, 0.6) is 5.75 Å². The molecule has 2 N–H and O–H groups in total. The molecule has 28 heavy (non-hydrogen) atoms. The number of hydrogen-bond donors (Lipinski definition) is 3. The number of pyridine rings is 1. The third-order valence-corrected chi connectivity index (χ3v) is 5.49. The molecule has 3 rings (SSSR count). The minimum Gasteiger partial charge on any atom is -0.424 e. The number of nitrogens with one attached hydrogen (secondary N) is 2. The summed E-state index contributed by atoms with van der Waals surface area (Å²) in [7, 11) is 0. The van der Waals surface area contributed by atoms with Gasteiger partial charge in [-0.1, -0.05) is 11.6 Å². The highest BCUT2D eigenvalue weighted by molar-refractivity contribution is 8.06. The predicted octanol–water partition coefficient (Wildman–Crippen LogP) is 5.68. The number of thiazole rings is 1. The minimum atomic E-state index is 0.153. The van der Waals surface area contributed by atoms with Crippen molar-refractivity contribution in [1.29, 1.82) is 5.26 Å². The van der Waals surface area contributed by atoms with Crippen LogP contribution in [-0.4, -0.2) is 27.6 Å². The van der Waals surface area contributed by atoms with Crippen molar-refractivity contribution < 1.29 is 4.18 Å². The van der Waals surface area contributed by atoms with E-state index in [1.54, 1.807) is 0 Å². The van der Waals surface area contributed by atoms with Crippen LogP contribution >= 0.6 is 47.6 Å². The minimum absolute atomic E-state index is 0.153. The van der Waals surface area contributed by atoms with Gasteiger partial charge in [0.05, 0.1) is 45.1 Å². The van der Waals surface area contributed by atoms with Crippen LogP contribution < -0.4 is 14.8 Å². The lowest BCUT2D eigenvalue weighted by molar-refractivity contribution is 0.657. The van der Waals surface area contributed by atoms with E-state index in [4.69, 9.17) is 26.0 Å². The first-order chi connectivity index (χ1) is 13.5. The molecule has 2 heterocycles. The van der Waals surface area contributed by atoms with Crippen molar-refractivity contribution >= 4 is 69.3 Å². The maximum Gasteiger partial charge on any atom is 0.183 e. The Morgan fingerprint density at radius 3 is 2.89 bits per heavy atom. The Balaban J connectivity index is 2.10. The Hall–Kier alpha value is -1.86. The Labute approximate surface area is 182 Å². The highest BCUT2D eigenvalue weighted by Gasteiger charge is 2.16. The summed E-state index contributed by atoms with van der Waals surface area (Å²) in [4.78, 5) is 9.34. The molecule has 0 radical (unpaired) electrons. The summed E-state index contributed by atoms with van der Waals surface area (Å²) in [5.74, 6) is 0.638. The second-order valence-electron chi connectivity index (χ2n) is 6.01. The van der Waals surface area contributed by atoms with Gasteiger partial charge in [0, 0.05) is 22.9 Å². The van der Waals surface area contributed by atoms with Gasteiger partial charge in [-0.15, -0.1) is 11.3 Å². The van der Waals surface area contributed by atoms with E-state index < -0.39 is 0 Å². The predicted molar refractivity (Wildman–Crippen MR) is 123 cm³/mol. The first-order valence-electron chi connectivity index (χ1n) is 8.40. The number of rotatable bonds is 8. The maximum atomic E-state index is 8.82. The molecule has 0 atom stereocenters. The highest BCUT2D eigenvalue weighted by Crippen LogP contribution is 2.38. The van der Waals surface area contributed by atoms with E-state index >= 15 is 0 Å².